The van der Waals surface area contributed by atoms with Crippen LogP contribution in [0.2, 0.25) is 0 Å². The molecule has 2 rings (SSSR count). The van der Waals surface area contributed by atoms with Gasteiger partial charge in [-0.05, 0) is 18.9 Å². The van der Waals surface area contributed by atoms with Crippen LogP contribution in [-0.2, 0) is 4.79 Å². The van der Waals surface area contributed by atoms with Gasteiger partial charge in [0.25, 0.3) is 11.6 Å². The second-order valence-corrected chi connectivity index (χ2v) is 5.24. The predicted octanol–water partition coefficient (Wildman–Crippen LogP) is 1.35. The fourth-order valence-corrected chi connectivity index (χ4v) is 2.49. The molecule has 0 unspecified atom stereocenters. The molecule has 1 heterocycles. The molecular weight excluding hydrogens is 302 g/mol. The molecule has 1 saturated heterocycles. The molecule has 1 aromatic rings. The van der Waals surface area contributed by atoms with Crippen molar-refractivity contribution >= 4 is 17.5 Å². The highest BCUT2D eigenvalue weighted by atomic mass is 16.6. The van der Waals surface area contributed by atoms with Crippen LogP contribution in [0.25, 0.3) is 0 Å². The lowest BCUT2D eigenvalue weighted by Gasteiger charge is -2.15. The van der Waals surface area contributed by atoms with E-state index >= 15 is 0 Å². The number of amides is 2. The Labute approximate surface area is 133 Å². The molecule has 0 aromatic heterocycles. The predicted molar refractivity (Wildman–Crippen MR) is 82.4 cm³/mol. The zero-order valence-electron chi connectivity index (χ0n) is 12.9. The van der Waals surface area contributed by atoms with Gasteiger partial charge >= 0.3 is 0 Å². The first-order valence-electron chi connectivity index (χ1n) is 7.41. The zero-order valence-corrected chi connectivity index (χ0v) is 12.9. The second kappa shape index (κ2) is 7.57. The minimum Gasteiger partial charge on any atom is -0.496 e. The molecule has 8 nitrogen and oxygen atoms in total. The Morgan fingerprint density at radius 2 is 2.26 bits per heavy atom. The number of benzene rings is 1. The smallest absolute Gasteiger partial charge is 0.270 e. The number of ether oxygens (including phenoxy) is 1. The minimum atomic E-state index is -0.560. The molecule has 2 amide bonds. The van der Waals surface area contributed by atoms with Crippen LogP contribution < -0.4 is 10.1 Å². The van der Waals surface area contributed by atoms with E-state index in [0.29, 0.717) is 25.9 Å². The number of nitrogens with zero attached hydrogens (tertiary/aromatic N) is 2. The highest BCUT2D eigenvalue weighted by Crippen LogP contribution is 2.23. The first kappa shape index (κ1) is 16.7. The lowest BCUT2D eigenvalue weighted by Crippen LogP contribution is -2.30. The molecule has 0 bridgehead atoms. The Balaban J connectivity index is 1.90. The van der Waals surface area contributed by atoms with Gasteiger partial charge in [0.15, 0.2) is 0 Å². The molecule has 0 radical (unpaired) electrons. The summed E-state index contributed by atoms with van der Waals surface area (Å²) >= 11 is 0. The number of hydrogen-bond acceptors (Lipinski definition) is 5. The standard InChI is InChI=1S/C15H19N3O5/c1-23-13-6-5-11(18(21)22)10-12(13)15(20)16-7-3-9-17-8-2-4-14(17)19/h5-6,10H,2-4,7-9H2,1H3,(H,16,20). The van der Waals surface area contributed by atoms with E-state index in [1.807, 2.05) is 0 Å². The van der Waals surface area contributed by atoms with Crippen LogP contribution >= 0.6 is 0 Å². The van der Waals surface area contributed by atoms with Crippen LogP contribution in [-0.4, -0.2) is 48.4 Å². The summed E-state index contributed by atoms with van der Waals surface area (Å²) in [6.07, 6.45) is 2.11. The number of carbonyl (C=O) groups is 2. The van der Waals surface area contributed by atoms with E-state index in [1.165, 1.54) is 25.3 Å². The molecule has 8 heteroatoms. The van der Waals surface area contributed by atoms with Crippen LogP contribution in [0.15, 0.2) is 18.2 Å². The molecule has 1 aliphatic rings. The molecule has 0 saturated carbocycles. The second-order valence-electron chi connectivity index (χ2n) is 5.24. The largest absolute Gasteiger partial charge is 0.496 e. The van der Waals surface area contributed by atoms with Crippen molar-refractivity contribution in [3.63, 3.8) is 0 Å². The van der Waals surface area contributed by atoms with E-state index in [4.69, 9.17) is 4.74 Å². The topological polar surface area (TPSA) is 102 Å². The van der Waals surface area contributed by atoms with Crippen molar-refractivity contribution in [1.82, 2.24) is 10.2 Å². The van der Waals surface area contributed by atoms with E-state index in [9.17, 15) is 19.7 Å². The summed E-state index contributed by atoms with van der Waals surface area (Å²) in [7, 11) is 1.40. The van der Waals surface area contributed by atoms with E-state index < -0.39 is 10.8 Å². The van der Waals surface area contributed by atoms with Crippen molar-refractivity contribution < 1.29 is 19.2 Å². The monoisotopic (exact) mass is 321 g/mol. The maximum absolute atomic E-state index is 12.2. The summed E-state index contributed by atoms with van der Waals surface area (Å²) < 4.78 is 5.07. The van der Waals surface area contributed by atoms with Gasteiger partial charge in [-0.1, -0.05) is 0 Å². The van der Waals surface area contributed by atoms with Gasteiger partial charge in [0.05, 0.1) is 17.6 Å². The molecule has 1 fully saturated rings. The van der Waals surface area contributed by atoms with Gasteiger partial charge in [0.2, 0.25) is 5.91 Å². The van der Waals surface area contributed by atoms with Crippen LogP contribution in [0.4, 0.5) is 5.69 Å². The normalized spacial score (nSPS) is 14.0. The number of hydrogen-bond donors (Lipinski definition) is 1. The van der Waals surface area contributed by atoms with Gasteiger partial charge < -0.3 is 15.0 Å². The SMILES string of the molecule is COc1ccc([N+](=O)[O-])cc1C(=O)NCCCN1CCCC1=O. The van der Waals surface area contributed by atoms with E-state index in [-0.39, 0.29) is 22.9 Å². The minimum absolute atomic E-state index is 0.124. The Morgan fingerprint density at radius 3 is 2.87 bits per heavy atom. The van der Waals surface area contributed by atoms with Gasteiger partial charge in [-0.2, -0.15) is 0 Å². The molecule has 0 aliphatic carbocycles. The third kappa shape index (κ3) is 4.18. The van der Waals surface area contributed by atoms with Crippen molar-refractivity contribution in [2.24, 2.45) is 0 Å². The van der Waals surface area contributed by atoms with Gasteiger partial charge in [-0.25, -0.2) is 0 Å². The Kier molecular flexibility index (Phi) is 5.51. The zero-order chi connectivity index (χ0) is 16.8. The van der Waals surface area contributed by atoms with Gasteiger partial charge in [-0.3, -0.25) is 19.7 Å². The van der Waals surface area contributed by atoms with Crippen molar-refractivity contribution in [1.29, 1.82) is 0 Å². The number of nitrogens with one attached hydrogen (secondary N) is 1. The first-order chi connectivity index (χ1) is 11.0. The number of nitro benzene ring substituents is 1. The Morgan fingerprint density at radius 1 is 1.48 bits per heavy atom. The van der Waals surface area contributed by atoms with E-state index in [0.717, 1.165) is 13.0 Å². The maximum Gasteiger partial charge on any atom is 0.270 e. The molecule has 1 aromatic carbocycles. The lowest BCUT2D eigenvalue weighted by atomic mass is 10.1. The average molecular weight is 321 g/mol. The van der Waals surface area contributed by atoms with E-state index in [2.05, 4.69) is 5.32 Å². The summed E-state index contributed by atoms with van der Waals surface area (Å²) in [5.74, 6) is -0.00204. The van der Waals surface area contributed by atoms with Crippen LogP contribution in [0.5, 0.6) is 5.75 Å². The van der Waals surface area contributed by atoms with Gasteiger partial charge in [0, 0.05) is 38.2 Å². The third-order valence-corrected chi connectivity index (χ3v) is 3.70. The van der Waals surface area contributed by atoms with Crippen molar-refractivity contribution in [3.8, 4) is 5.75 Å². The molecule has 1 aliphatic heterocycles. The number of carbonyl (C=O) groups excluding carboxylic acids is 2. The molecular formula is C15H19N3O5. The number of non-ortho nitro benzene ring substituents is 1. The van der Waals surface area contributed by atoms with E-state index in [1.54, 1.807) is 4.90 Å². The van der Waals surface area contributed by atoms with Gasteiger partial charge in [0.1, 0.15) is 5.75 Å². The molecule has 0 spiro atoms. The van der Waals surface area contributed by atoms with Gasteiger partial charge in [-0.15, -0.1) is 0 Å². The number of rotatable bonds is 7. The first-order valence-corrected chi connectivity index (χ1v) is 7.41. The highest BCUT2D eigenvalue weighted by Gasteiger charge is 2.20. The highest BCUT2D eigenvalue weighted by molar-refractivity contribution is 5.97. The van der Waals surface area contributed by atoms with Crippen molar-refractivity contribution in [2.45, 2.75) is 19.3 Å². The molecule has 0 atom stereocenters. The summed E-state index contributed by atoms with van der Waals surface area (Å²) in [5, 5.41) is 13.5. The quantitative estimate of drug-likeness (QED) is 0.464. The number of likely N-dealkylation sites (tertiary alicyclic amines) is 1. The molecule has 23 heavy (non-hydrogen) atoms. The summed E-state index contributed by atoms with van der Waals surface area (Å²) in [6.45, 7) is 1.76. The van der Waals surface area contributed by atoms with Crippen LogP contribution in [0, 0.1) is 10.1 Å². The van der Waals surface area contributed by atoms with Crippen molar-refractivity contribution in [2.75, 3.05) is 26.7 Å². The molecule has 124 valence electrons. The Bertz CT molecular complexity index is 617. The fraction of sp³-hybridized carbons (Fsp3) is 0.467. The number of methoxy groups -OCH3 is 1. The average Bonchev–Trinajstić information content (AvgIpc) is 2.95. The van der Waals surface area contributed by atoms with Crippen LogP contribution in [0.1, 0.15) is 29.6 Å². The lowest BCUT2D eigenvalue weighted by molar-refractivity contribution is -0.384. The van der Waals surface area contributed by atoms with Crippen molar-refractivity contribution in [3.05, 3.63) is 33.9 Å². The third-order valence-electron chi connectivity index (χ3n) is 3.70. The summed E-state index contributed by atoms with van der Waals surface area (Å²) in [4.78, 5) is 35.7. The maximum atomic E-state index is 12.2. The fourth-order valence-electron chi connectivity index (χ4n) is 2.49. The Hall–Kier alpha value is -2.64. The van der Waals surface area contributed by atoms with Crippen LogP contribution in [0.3, 0.4) is 0 Å². The molecule has 1 N–H and O–H groups in total. The summed E-state index contributed by atoms with van der Waals surface area (Å²) in [5.41, 5.74) is -0.0439. The summed E-state index contributed by atoms with van der Waals surface area (Å²) in [6, 6.07) is 3.88. The number of nitro groups is 1.